The van der Waals surface area contributed by atoms with Gasteiger partial charge in [-0.2, -0.15) is 0 Å². The van der Waals surface area contributed by atoms with Gasteiger partial charge in [-0.05, 0) is 31.5 Å². The van der Waals surface area contributed by atoms with Crippen molar-refractivity contribution in [1.29, 1.82) is 0 Å². The van der Waals surface area contributed by atoms with Crippen molar-refractivity contribution >= 4 is 16.2 Å². The quantitative estimate of drug-likeness (QED) is 0.604. The molecular formula is C11H19NOSi. The maximum Gasteiger partial charge on any atom is 0.146 e. The SMILES string of the molecule is CC(c1cccc(N)c1)C(C)(C)O[SiH3]. The topological polar surface area (TPSA) is 35.2 Å². The highest BCUT2D eigenvalue weighted by Gasteiger charge is 2.25. The lowest BCUT2D eigenvalue weighted by Gasteiger charge is -2.31. The van der Waals surface area contributed by atoms with E-state index in [1.54, 1.807) is 0 Å². The van der Waals surface area contributed by atoms with Crippen molar-refractivity contribution in [1.82, 2.24) is 0 Å². The smallest absolute Gasteiger partial charge is 0.146 e. The van der Waals surface area contributed by atoms with Gasteiger partial charge in [0, 0.05) is 11.6 Å². The van der Waals surface area contributed by atoms with Gasteiger partial charge in [-0.3, -0.25) is 0 Å². The van der Waals surface area contributed by atoms with E-state index in [4.69, 9.17) is 10.2 Å². The van der Waals surface area contributed by atoms with Gasteiger partial charge >= 0.3 is 0 Å². The summed E-state index contributed by atoms with van der Waals surface area (Å²) in [5.74, 6) is 0.364. The molecule has 0 saturated heterocycles. The number of hydrogen-bond acceptors (Lipinski definition) is 2. The van der Waals surface area contributed by atoms with E-state index in [1.165, 1.54) is 5.56 Å². The van der Waals surface area contributed by atoms with Gasteiger partial charge in [-0.1, -0.05) is 19.1 Å². The van der Waals surface area contributed by atoms with Gasteiger partial charge in [0.15, 0.2) is 0 Å². The molecule has 2 N–H and O–H groups in total. The van der Waals surface area contributed by atoms with E-state index >= 15 is 0 Å². The average molecular weight is 209 g/mol. The summed E-state index contributed by atoms with van der Waals surface area (Å²) in [7, 11) is 0.763. The van der Waals surface area contributed by atoms with Crippen LogP contribution in [0.25, 0.3) is 0 Å². The maximum atomic E-state index is 5.75. The van der Waals surface area contributed by atoms with Crippen LogP contribution in [0.15, 0.2) is 24.3 Å². The van der Waals surface area contributed by atoms with Gasteiger partial charge in [0.25, 0.3) is 0 Å². The molecule has 0 saturated carbocycles. The Labute approximate surface area is 89.0 Å². The van der Waals surface area contributed by atoms with Crippen LogP contribution in [0.2, 0.25) is 0 Å². The Kier molecular flexibility index (Phi) is 3.34. The summed E-state index contributed by atoms with van der Waals surface area (Å²) in [6, 6.07) is 8.02. The molecule has 0 aliphatic heterocycles. The van der Waals surface area contributed by atoms with Gasteiger partial charge in [-0.15, -0.1) is 0 Å². The Bertz CT molecular complexity index is 312. The van der Waals surface area contributed by atoms with Crippen LogP contribution in [0.4, 0.5) is 5.69 Å². The Morgan fingerprint density at radius 3 is 2.57 bits per heavy atom. The van der Waals surface area contributed by atoms with E-state index < -0.39 is 0 Å². The molecule has 0 amide bonds. The normalized spacial score (nSPS) is 14.2. The molecule has 0 fully saturated rings. The van der Waals surface area contributed by atoms with E-state index in [0.29, 0.717) is 5.92 Å². The fraction of sp³-hybridized carbons (Fsp3) is 0.455. The van der Waals surface area contributed by atoms with Crippen LogP contribution in [0.1, 0.15) is 32.3 Å². The molecule has 1 atom stereocenters. The van der Waals surface area contributed by atoms with Crippen molar-refractivity contribution in [3.8, 4) is 0 Å². The van der Waals surface area contributed by atoms with E-state index in [2.05, 4.69) is 26.8 Å². The standard InChI is InChI=1S/C11H19NOSi/c1-8(11(2,3)13-14)9-5-4-6-10(12)7-9/h4-8H,12H2,1-3,14H3. The van der Waals surface area contributed by atoms with E-state index in [9.17, 15) is 0 Å². The van der Waals surface area contributed by atoms with Gasteiger partial charge in [0.2, 0.25) is 0 Å². The predicted octanol–water partition coefficient (Wildman–Crippen LogP) is 1.45. The molecule has 1 aromatic carbocycles. The first-order chi connectivity index (χ1) is 6.47. The lowest BCUT2D eigenvalue weighted by molar-refractivity contribution is 0.0961. The van der Waals surface area contributed by atoms with Crippen molar-refractivity contribution in [3.63, 3.8) is 0 Å². The summed E-state index contributed by atoms with van der Waals surface area (Å²) in [5.41, 5.74) is 7.71. The van der Waals surface area contributed by atoms with Crippen LogP contribution in [0.5, 0.6) is 0 Å². The zero-order valence-corrected chi connectivity index (χ0v) is 11.4. The minimum absolute atomic E-state index is 0.0972. The highest BCUT2D eigenvalue weighted by atomic mass is 28.2. The molecule has 1 unspecified atom stereocenters. The van der Waals surface area contributed by atoms with Crippen LogP contribution in [-0.4, -0.2) is 16.1 Å². The second-order valence-electron chi connectivity index (χ2n) is 4.20. The Morgan fingerprint density at radius 1 is 1.43 bits per heavy atom. The fourth-order valence-corrected chi connectivity index (χ4v) is 1.76. The van der Waals surface area contributed by atoms with Crippen molar-refractivity contribution in [2.45, 2.75) is 32.3 Å². The number of hydrogen-bond donors (Lipinski definition) is 1. The Balaban J connectivity index is 2.94. The third-order valence-corrected chi connectivity index (χ3v) is 4.03. The first kappa shape index (κ1) is 11.3. The zero-order chi connectivity index (χ0) is 10.8. The summed E-state index contributed by atoms with van der Waals surface area (Å²) in [6.07, 6.45) is 0. The number of nitrogen functional groups attached to an aromatic ring is 1. The summed E-state index contributed by atoms with van der Waals surface area (Å²) < 4.78 is 5.59. The van der Waals surface area contributed by atoms with Gasteiger partial charge < -0.3 is 10.2 Å². The molecule has 3 heteroatoms. The monoisotopic (exact) mass is 209 g/mol. The molecule has 1 aromatic rings. The highest BCUT2D eigenvalue weighted by Crippen LogP contribution is 2.30. The van der Waals surface area contributed by atoms with Crippen LogP contribution >= 0.6 is 0 Å². The van der Waals surface area contributed by atoms with E-state index in [-0.39, 0.29) is 5.60 Å². The van der Waals surface area contributed by atoms with Crippen molar-refractivity contribution in [2.24, 2.45) is 0 Å². The van der Waals surface area contributed by atoms with Gasteiger partial charge in [0.05, 0.1) is 5.60 Å². The molecule has 2 nitrogen and oxygen atoms in total. The Hall–Kier alpha value is -0.803. The molecule has 0 aromatic heterocycles. The van der Waals surface area contributed by atoms with Crippen molar-refractivity contribution in [3.05, 3.63) is 29.8 Å². The van der Waals surface area contributed by atoms with Crippen LogP contribution in [0, 0.1) is 0 Å². The van der Waals surface area contributed by atoms with E-state index in [1.807, 2.05) is 18.2 Å². The van der Waals surface area contributed by atoms with Crippen LogP contribution < -0.4 is 5.73 Å². The number of rotatable bonds is 3. The molecule has 14 heavy (non-hydrogen) atoms. The molecule has 0 aliphatic carbocycles. The Morgan fingerprint density at radius 2 is 2.07 bits per heavy atom. The molecule has 0 radical (unpaired) electrons. The van der Waals surface area contributed by atoms with E-state index in [0.717, 1.165) is 16.2 Å². The van der Waals surface area contributed by atoms with Crippen molar-refractivity contribution < 1.29 is 4.43 Å². The lowest BCUT2D eigenvalue weighted by Crippen LogP contribution is -2.30. The molecule has 0 bridgehead atoms. The van der Waals surface area contributed by atoms with Gasteiger partial charge in [-0.25, -0.2) is 0 Å². The summed E-state index contributed by atoms with van der Waals surface area (Å²) in [5, 5.41) is 0. The number of nitrogens with two attached hydrogens (primary N) is 1. The zero-order valence-electron chi connectivity index (χ0n) is 9.37. The molecule has 78 valence electrons. The fourth-order valence-electron chi connectivity index (χ4n) is 1.41. The summed E-state index contributed by atoms with van der Waals surface area (Å²) in [6.45, 7) is 6.41. The first-order valence-electron chi connectivity index (χ1n) is 4.88. The molecule has 0 spiro atoms. The highest BCUT2D eigenvalue weighted by molar-refractivity contribution is 5.98. The third kappa shape index (κ3) is 2.36. The largest absolute Gasteiger partial charge is 0.422 e. The second-order valence-corrected chi connectivity index (χ2v) is 4.61. The first-order valence-corrected chi connectivity index (χ1v) is 5.69. The minimum Gasteiger partial charge on any atom is -0.422 e. The number of benzene rings is 1. The van der Waals surface area contributed by atoms with Crippen molar-refractivity contribution in [2.75, 3.05) is 5.73 Å². The summed E-state index contributed by atoms with van der Waals surface area (Å²) >= 11 is 0. The maximum absolute atomic E-state index is 5.75. The molecule has 1 rings (SSSR count). The van der Waals surface area contributed by atoms with Crippen LogP contribution in [0.3, 0.4) is 0 Å². The minimum atomic E-state index is -0.0972. The van der Waals surface area contributed by atoms with Gasteiger partial charge in [0.1, 0.15) is 10.5 Å². The predicted molar refractivity (Wildman–Crippen MR) is 64.4 cm³/mol. The number of anilines is 1. The summed E-state index contributed by atoms with van der Waals surface area (Å²) in [4.78, 5) is 0. The second kappa shape index (κ2) is 4.15. The molecular weight excluding hydrogens is 190 g/mol. The van der Waals surface area contributed by atoms with Crippen LogP contribution in [-0.2, 0) is 4.43 Å². The lowest BCUT2D eigenvalue weighted by atomic mass is 9.86. The average Bonchev–Trinajstić information content (AvgIpc) is 2.16. The molecule has 0 aliphatic rings. The third-order valence-electron chi connectivity index (χ3n) is 2.98. The molecule has 0 heterocycles.